The second-order valence-corrected chi connectivity index (χ2v) is 6.80. The second kappa shape index (κ2) is 12.4. The van der Waals surface area contributed by atoms with Gasteiger partial charge < -0.3 is 20.0 Å². The molecule has 4 N–H and O–H groups in total. The maximum absolute atomic E-state index is 12.0. The predicted molar refractivity (Wildman–Crippen MR) is 127 cm³/mol. The van der Waals surface area contributed by atoms with E-state index < -0.39 is 56.8 Å². The van der Waals surface area contributed by atoms with Crippen LogP contribution in [-0.2, 0) is 9.47 Å². The molecule has 0 spiro atoms. The number of nitrogens with zero attached hydrogens (tertiary/aromatic N) is 4. The Hall–Kier alpha value is -5.02. The third kappa shape index (κ3) is 6.52. The normalized spacial score (nSPS) is 11.7. The lowest BCUT2D eigenvalue weighted by atomic mass is 10.0. The zero-order chi connectivity index (χ0) is 26.8. The summed E-state index contributed by atoms with van der Waals surface area (Å²) in [6.45, 7) is 4.22. The molecule has 0 aliphatic carbocycles. The first kappa shape index (κ1) is 27.2. The van der Waals surface area contributed by atoms with Crippen molar-refractivity contribution in [2.24, 2.45) is 5.16 Å². The zero-order valence-electron chi connectivity index (χ0n) is 19.4. The number of carbonyl (C=O) groups excluding carboxylic acids is 2. The van der Waals surface area contributed by atoms with E-state index in [1.807, 2.05) is 10.6 Å². The number of hydrogen-bond acceptors (Lipinski definition) is 12. The smallest absolute Gasteiger partial charge is 0.412 e. The van der Waals surface area contributed by atoms with Crippen LogP contribution in [0.25, 0.3) is 0 Å². The van der Waals surface area contributed by atoms with Gasteiger partial charge in [0.25, 0.3) is 0 Å². The van der Waals surface area contributed by atoms with E-state index in [2.05, 4.69) is 15.5 Å². The number of nitrogens with one attached hydrogen (secondary N) is 3. The Balaban J connectivity index is 2.75. The quantitative estimate of drug-likeness (QED) is 0.158. The predicted octanol–water partition coefficient (Wildman–Crippen LogP) is 3.71. The Morgan fingerprint density at radius 2 is 1.47 bits per heavy atom. The average molecular weight is 505 g/mol. The molecule has 0 radical (unpaired) electrons. The summed E-state index contributed by atoms with van der Waals surface area (Å²) in [5.74, 6) is -1.51. The van der Waals surface area contributed by atoms with Crippen LogP contribution in [0.5, 0.6) is 0 Å². The number of ether oxygens (including phenoxy) is 2. The van der Waals surface area contributed by atoms with Crippen molar-refractivity contribution in [3.05, 3.63) is 56.1 Å². The van der Waals surface area contributed by atoms with Gasteiger partial charge in [-0.05, 0) is 20.8 Å². The first-order valence-corrected chi connectivity index (χ1v) is 10.4. The Kier molecular flexibility index (Phi) is 9.41. The van der Waals surface area contributed by atoms with Gasteiger partial charge in [-0.25, -0.2) is 9.59 Å². The van der Waals surface area contributed by atoms with E-state index in [-0.39, 0.29) is 18.9 Å². The third-order valence-electron chi connectivity index (χ3n) is 4.45. The topological polar surface area (TPSA) is 220 Å². The van der Waals surface area contributed by atoms with Crippen molar-refractivity contribution in [3.63, 3.8) is 0 Å². The number of oxime groups is 1. The monoisotopic (exact) mass is 505 g/mol. The summed E-state index contributed by atoms with van der Waals surface area (Å²) in [5.41, 5.74) is -2.34. The second-order valence-electron chi connectivity index (χ2n) is 6.80. The maximum Gasteiger partial charge on any atom is 0.412 e. The van der Waals surface area contributed by atoms with Crippen molar-refractivity contribution in [1.29, 1.82) is 0 Å². The minimum absolute atomic E-state index is 0.0178. The van der Waals surface area contributed by atoms with E-state index in [9.17, 15) is 35.0 Å². The van der Waals surface area contributed by atoms with Crippen LogP contribution in [0.4, 0.5) is 38.3 Å². The van der Waals surface area contributed by atoms with Crippen molar-refractivity contribution >= 4 is 46.6 Å². The van der Waals surface area contributed by atoms with Crippen LogP contribution in [0.1, 0.15) is 26.3 Å². The number of rotatable bonds is 10. The minimum Gasteiger partial charge on any atom is -0.450 e. The number of carbonyl (C=O) groups is 2. The first-order chi connectivity index (χ1) is 17.1. The van der Waals surface area contributed by atoms with E-state index in [1.54, 1.807) is 30.3 Å². The van der Waals surface area contributed by atoms with Gasteiger partial charge in [0.05, 0.1) is 29.1 Å². The molecule has 192 valence electrons. The van der Waals surface area contributed by atoms with Crippen LogP contribution in [-0.4, -0.2) is 57.2 Å². The van der Waals surface area contributed by atoms with Crippen molar-refractivity contribution in [2.45, 2.75) is 26.8 Å². The molecular formula is C20H23N7O9. The molecule has 0 bridgehead atoms. The SMILES string of the molecule is CCOC(=O)Nc1nc(NC(=O)OCC)c([N+](=O)[O-])c(NC(C)C(=NO)c2ccccc2)c1[N+](=O)[O-]. The highest BCUT2D eigenvalue weighted by Crippen LogP contribution is 2.44. The lowest BCUT2D eigenvalue weighted by Gasteiger charge is -2.19. The third-order valence-corrected chi connectivity index (χ3v) is 4.45. The van der Waals surface area contributed by atoms with E-state index in [0.717, 1.165) is 0 Å². The molecule has 0 saturated heterocycles. The van der Waals surface area contributed by atoms with E-state index in [4.69, 9.17) is 9.47 Å². The molecule has 2 amide bonds. The summed E-state index contributed by atoms with van der Waals surface area (Å²) in [6.07, 6.45) is -2.27. The van der Waals surface area contributed by atoms with Gasteiger partial charge in [-0.2, -0.15) is 4.98 Å². The molecule has 0 aliphatic rings. The Labute approximate surface area is 203 Å². The molecule has 2 rings (SSSR count). The Bertz CT molecular complexity index is 1120. The fourth-order valence-electron chi connectivity index (χ4n) is 3.05. The Morgan fingerprint density at radius 1 is 1.00 bits per heavy atom. The largest absolute Gasteiger partial charge is 0.450 e. The van der Waals surface area contributed by atoms with Gasteiger partial charge in [-0.1, -0.05) is 35.5 Å². The van der Waals surface area contributed by atoms with Crippen LogP contribution < -0.4 is 16.0 Å². The average Bonchev–Trinajstić information content (AvgIpc) is 2.80. The van der Waals surface area contributed by atoms with Gasteiger partial charge in [-0.15, -0.1) is 0 Å². The molecule has 16 nitrogen and oxygen atoms in total. The minimum atomic E-state index is -1.13. The molecule has 0 fully saturated rings. The molecule has 0 saturated carbocycles. The van der Waals surface area contributed by atoms with Gasteiger partial charge in [0.15, 0.2) is 0 Å². The van der Waals surface area contributed by atoms with Gasteiger partial charge in [0, 0.05) is 5.56 Å². The highest BCUT2D eigenvalue weighted by molar-refractivity contribution is 6.06. The van der Waals surface area contributed by atoms with Gasteiger partial charge in [0.1, 0.15) is 5.71 Å². The molecule has 1 heterocycles. The zero-order valence-corrected chi connectivity index (χ0v) is 19.4. The van der Waals surface area contributed by atoms with Gasteiger partial charge >= 0.3 is 23.6 Å². The van der Waals surface area contributed by atoms with Crippen molar-refractivity contribution in [3.8, 4) is 0 Å². The molecule has 1 unspecified atom stereocenters. The number of nitro groups is 2. The first-order valence-electron chi connectivity index (χ1n) is 10.4. The van der Waals surface area contributed by atoms with Gasteiger partial charge in [-0.3, -0.25) is 30.9 Å². The van der Waals surface area contributed by atoms with Crippen molar-refractivity contribution in [2.75, 3.05) is 29.2 Å². The number of amides is 2. The maximum atomic E-state index is 12.0. The van der Waals surface area contributed by atoms with Crippen LogP contribution in [0.3, 0.4) is 0 Å². The lowest BCUT2D eigenvalue weighted by Crippen LogP contribution is -2.29. The van der Waals surface area contributed by atoms with E-state index in [0.29, 0.717) is 5.56 Å². The summed E-state index contributed by atoms with van der Waals surface area (Å²) < 4.78 is 9.44. The standard InChI is InChI=1S/C20H23N7O9/c1-4-35-19(28)23-17-15(26(31)32)14(16(27(33)34)18(22-17)24-20(29)36-5-2)21-11(3)13(25-30)12-9-7-6-8-10-12/h6-11,30H,4-5H2,1-3H3,(H3,21,22,23,24,28,29). The van der Waals surface area contributed by atoms with Crippen molar-refractivity contribution < 1.29 is 34.1 Å². The lowest BCUT2D eigenvalue weighted by molar-refractivity contribution is -0.391. The number of anilines is 3. The number of hydrogen-bond donors (Lipinski definition) is 4. The molecule has 1 aromatic carbocycles. The molecule has 36 heavy (non-hydrogen) atoms. The highest BCUT2D eigenvalue weighted by atomic mass is 16.6. The molecule has 0 aliphatic heterocycles. The summed E-state index contributed by atoms with van der Waals surface area (Å²) in [7, 11) is 0. The summed E-state index contributed by atoms with van der Waals surface area (Å²) in [6, 6.07) is 7.12. The fraction of sp³-hybridized carbons (Fsp3) is 0.300. The fourth-order valence-corrected chi connectivity index (χ4v) is 3.05. The van der Waals surface area contributed by atoms with Gasteiger partial charge in [0.2, 0.25) is 17.3 Å². The number of benzene rings is 1. The molecule has 2 aromatic rings. The van der Waals surface area contributed by atoms with Crippen LogP contribution >= 0.6 is 0 Å². The summed E-state index contributed by atoms with van der Waals surface area (Å²) in [5, 5.41) is 43.5. The number of pyridine rings is 1. The summed E-state index contributed by atoms with van der Waals surface area (Å²) >= 11 is 0. The van der Waals surface area contributed by atoms with Crippen LogP contribution in [0.15, 0.2) is 35.5 Å². The molecule has 16 heteroatoms. The number of aromatic nitrogens is 1. The van der Waals surface area contributed by atoms with Crippen LogP contribution in [0.2, 0.25) is 0 Å². The summed E-state index contributed by atoms with van der Waals surface area (Å²) in [4.78, 5) is 49.7. The molecule has 1 atom stereocenters. The highest BCUT2D eigenvalue weighted by Gasteiger charge is 2.38. The molecular weight excluding hydrogens is 482 g/mol. The van der Waals surface area contributed by atoms with E-state index >= 15 is 0 Å². The van der Waals surface area contributed by atoms with Crippen LogP contribution in [0, 0.1) is 20.2 Å². The Morgan fingerprint density at radius 3 is 1.86 bits per heavy atom. The van der Waals surface area contributed by atoms with Crippen molar-refractivity contribution in [1.82, 2.24) is 4.98 Å². The molecule has 1 aromatic heterocycles. The van der Waals surface area contributed by atoms with E-state index in [1.165, 1.54) is 20.8 Å².